The Balaban J connectivity index is 1.56. The monoisotopic (exact) mass is 348 g/mol. The van der Waals surface area contributed by atoms with Crippen molar-refractivity contribution in [2.75, 3.05) is 6.73 Å². The summed E-state index contributed by atoms with van der Waals surface area (Å²) in [4.78, 5) is 24.5. The van der Waals surface area contributed by atoms with E-state index in [0.29, 0.717) is 24.6 Å². The molecule has 0 atom stereocenters. The number of hydrogen-bond acceptors (Lipinski definition) is 5. The van der Waals surface area contributed by atoms with Crippen molar-refractivity contribution >= 4 is 5.78 Å². The molecule has 130 valence electrons. The summed E-state index contributed by atoms with van der Waals surface area (Å²) in [7, 11) is 0. The molecule has 0 fully saturated rings. The van der Waals surface area contributed by atoms with E-state index in [1.165, 1.54) is 6.20 Å². The summed E-state index contributed by atoms with van der Waals surface area (Å²) in [6.45, 7) is 0.658. The summed E-state index contributed by atoms with van der Waals surface area (Å²) in [5, 5.41) is 2.74. The Kier molecular flexibility index (Phi) is 5.80. The molecule has 1 aliphatic rings. The first-order valence-corrected chi connectivity index (χ1v) is 8.07. The number of nitroso groups, excluding NO2 is 1. The molecule has 0 saturated carbocycles. The second-order valence-electron chi connectivity index (χ2n) is 5.64. The maximum atomic E-state index is 12.5. The molecule has 0 amide bonds. The van der Waals surface area contributed by atoms with E-state index in [4.69, 9.17) is 4.74 Å². The van der Waals surface area contributed by atoms with Crippen molar-refractivity contribution in [3.63, 3.8) is 0 Å². The molecule has 2 aromatic rings. The number of hydrogen-bond donors (Lipinski definition) is 0. The van der Waals surface area contributed by atoms with Gasteiger partial charge in [-0.15, -0.1) is 4.91 Å². The molecule has 1 aromatic heterocycles. The van der Waals surface area contributed by atoms with Crippen LogP contribution < -0.4 is 4.57 Å². The van der Waals surface area contributed by atoms with E-state index >= 15 is 0 Å². The number of carbonyl (C=O) groups excluding carboxylic acids is 1. The zero-order valence-electron chi connectivity index (χ0n) is 14.1. The Bertz CT molecular complexity index is 857. The lowest BCUT2D eigenvalue weighted by atomic mass is 10.1. The molecule has 2 heterocycles. The van der Waals surface area contributed by atoms with Gasteiger partial charge >= 0.3 is 0 Å². The van der Waals surface area contributed by atoms with E-state index in [0.717, 1.165) is 5.57 Å². The minimum absolute atomic E-state index is 0.0232. The van der Waals surface area contributed by atoms with E-state index in [1.54, 1.807) is 48.9 Å². The minimum Gasteiger partial charge on any atom is -0.331 e. The number of ketones is 1. The molecule has 0 N–H and O–H groups in total. The van der Waals surface area contributed by atoms with Crippen LogP contribution in [0.5, 0.6) is 0 Å². The van der Waals surface area contributed by atoms with Crippen LogP contribution in [0.3, 0.4) is 0 Å². The van der Waals surface area contributed by atoms with Crippen LogP contribution >= 0.6 is 0 Å². The fourth-order valence-electron chi connectivity index (χ4n) is 2.45. The van der Waals surface area contributed by atoms with Gasteiger partial charge in [0.25, 0.3) is 6.73 Å². The molecule has 6 heteroatoms. The van der Waals surface area contributed by atoms with Crippen LogP contribution in [0.1, 0.15) is 15.9 Å². The number of allylic oxidation sites excluding steroid dienone is 3. The van der Waals surface area contributed by atoms with Crippen molar-refractivity contribution in [1.29, 1.82) is 0 Å². The van der Waals surface area contributed by atoms with E-state index in [2.05, 4.69) is 5.18 Å². The fraction of sp³-hybridized carbons (Fsp3) is 0.100. The molecule has 0 unspecified atom stereocenters. The molecule has 0 aliphatic carbocycles. The Morgan fingerprint density at radius 2 is 1.81 bits per heavy atom. The normalized spacial score (nSPS) is 12.9. The van der Waals surface area contributed by atoms with Crippen LogP contribution in [0.15, 0.2) is 96.4 Å². The van der Waals surface area contributed by atoms with Crippen LogP contribution in [0.4, 0.5) is 0 Å². The van der Waals surface area contributed by atoms with Crippen molar-refractivity contribution in [1.82, 2.24) is 4.90 Å². The van der Waals surface area contributed by atoms with Gasteiger partial charge in [0, 0.05) is 24.0 Å². The van der Waals surface area contributed by atoms with E-state index < -0.39 is 0 Å². The van der Waals surface area contributed by atoms with Crippen molar-refractivity contribution in [3.05, 3.63) is 107 Å². The maximum absolute atomic E-state index is 12.5. The summed E-state index contributed by atoms with van der Waals surface area (Å²) < 4.78 is 7.48. The van der Waals surface area contributed by atoms with Crippen LogP contribution in [0, 0.1) is 4.91 Å². The largest absolute Gasteiger partial charge is 0.331 e. The molecule has 6 nitrogen and oxygen atoms in total. The number of benzene rings is 1. The van der Waals surface area contributed by atoms with Gasteiger partial charge in [0.15, 0.2) is 18.2 Å². The molecule has 1 aliphatic heterocycles. The van der Waals surface area contributed by atoms with E-state index in [1.807, 2.05) is 39.9 Å². The van der Waals surface area contributed by atoms with Gasteiger partial charge in [-0.3, -0.25) is 4.79 Å². The molecule has 3 rings (SSSR count). The third-order valence-corrected chi connectivity index (χ3v) is 3.76. The molecular formula is C20H18N3O3+. The lowest BCUT2D eigenvalue weighted by Gasteiger charge is -2.17. The number of rotatable bonds is 7. The van der Waals surface area contributed by atoms with Crippen molar-refractivity contribution < 1.29 is 14.1 Å². The highest BCUT2D eigenvalue weighted by molar-refractivity contribution is 6.08. The average Bonchev–Trinajstić information content (AvgIpc) is 2.70. The fourth-order valence-corrected chi connectivity index (χ4v) is 2.45. The van der Waals surface area contributed by atoms with E-state index in [-0.39, 0.29) is 5.78 Å². The molecule has 26 heavy (non-hydrogen) atoms. The number of nitrogens with zero attached hydrogens (tertiary/aromatic N) is 3. The minimum atomic E-state index is -0.0232. The maximum Gasteiger partial charge on any atom is 0.254 e. The van der Waals surface area contributed by atoms with Crippen LogP contribution in [-0.2, 0) is 11.5 Å². The van der Waals surface area contributed by atoms with Crippen molar-refractivity contribution in [2.45, 2.75) is 6.73 Å². The smallest absolute Gasteiger partial charge is 0.254 e. The Morgan fingerprint density at radius 3 is 2.54 bits per heavy atom. The highest BCUT2D eigenvalue weighted by atomic mass is 16.5. The zero-order chi connectivity index (χ0) is 18.2. The summed E-state index contributed by atoms with van der Waals surface area (Å²) in [6.07, 6.45) is 12.0. The van der Waals surface area contributed by atoms with Gasteiger partial charge in [0.1, 0.15) is 6.73 Å². The number of pyridine rings is 1. The highest BCUT2D eigenvalue weighted by Gasteiger charge is 2.13. The summed E-state index contributed by atoms with van der Waals surface area (Å²) in [5.41, 5.74) is 2.00. The first-order chi connectivity index (χ1) is 12.8. The molecule has 0 radical (unpaired) electrons. The van der Waals surface area contributed by atoms with Gasteiger partial charge in [-0.2, -0.15) is 4.57 Å². The average molecular weight is 348 g/mol. The summed E-state index contributed by atoms with van der Waals surface area (Å²) in [6, 6.07) is 12.8. The predicted molar refractivity (Wildman–Crippen MR) is 96.5 cm³/mol. The summed E-state index contributed by atoms with van der Waals surface area (Å²) >= 11 is 0. The molecule has 1 aromatic carbocycles. The second kappa shape index (κ2) is 8.64. The third kappa shape index (κ3) is 4.58. The number of aromatic nitrogens is 1. The Hall–Kier alpha value is -3.38. The van der Waals surface area contributed by atoms with Crippen molar-refractivity contribution in [2.24, 2.45) is 5.18 Å². The Morgan fingerprint density at radius 1 is 1.08 bits per heavy atom. The first-order valence-electron chi connectivity index (χ1n) is 8.07. The van der Waals surface area contributed by atoms with Crippen molar-refractivity contribution in [3.8, 4) is 0 Å². The molecule has 0 spiro atoms. The quantitative estimate of drug-likeness (QED) is 0.438. The molecule has 0 bridgehead atoms. The van der Waals surface area contributed by atoms with Gasteiger partial charge < -0.3 is 9.64 Å². The van der Waals surface area contributed by atoms with Gasteiger partial charge in [0.05, 0.1) is 11.8 Å². The van der Waals surface area contributed by atoms with Gasteiger partial charge in [0.2, 0.25) is 0 Å². The van der Waals surface area contributed by atoms with Gasteiger partial charge in [-0.25, -0.2) is 0 Å². The number of ether oxygens (including phenoxy) is 1. The predicted octanol–water partition coefficient (Wildman–Crippen LogP) is 3.13. The SMILES string of the molecule is O=NC=C1C=CN(COC[n+]2cccc(C(=O)c3ccccc3)c2)C=C1. The van der Waals surface area contributed by atoms with Crippen LogP contribution in [-0.4, -0.2) is 17.4 Å². The molecule has 0 saturated heterocycles. The van der Waals surface area contributed by atoms with Crippen LogP contribution in [0.25, 0.3) is 0 Å². The van der Waals surface area contributed by atoms with Crippen LogP contribution in [0.2, 0.25) is 0 Å². The molecular weight excluding hydrogens is 330 g/mol. The summed E-state index contributed by atoms with van der Waals surface area (Å²) in [5.74, 6) is -0.0232. The lowest BCUT2D eigenvalue weighted by Crippen LogP contribution is -2.36. The number of carbonyl (C=O) groups is 1. The zero-order valence-corrected chi connectivity index (χ0v) is 14.1. The highest BCUT2D eigenvalue weighted by Crippen LogP contribution is 2.09. The van der Waals surface area contributed by atoms with Gasteiger partial charge in [-0.05, 0) is 29.0 Å². The van der Waals surface area contributed by atoms with Gasteiger partial charge in [-0.1, -0.05) is 30.3 Å². The third-order valence-electron chi connectivity index (χ3n) is 3.76. The first kappa shape index (κ1) is 17.4. The Labute approximate surface area is 151 Å². The second-order valence-corrected chi connectivity index (χ2v) is 5.64. The topological polar surface area (TPSA) is 62.9 Å². The van der Waals surface area contributed by atoms with E-state index in [9.17, 15) is 9.70 Å². The standard InChI is InChI=1S/C20H18N3O3/c24-20(18-5-2-1-3-6-18)19-7-4-10-23(14-19)16-26-15-22-11-8-17(9-12-22)13-21-25/h1-14H,15-16H2/q+1. The lowest BCUT2D eigenvalue weighted by molar-refractivity contribution is -0.733.